The lowest BCUT2D eigenvalue weighted by Crippen LogP contribution is -2.02. The SMILES string of the molecule is Clc1ccc(OCc2nnc3sc(-c4ccncc4)nn23)cc1. The molecule has 0 spiro atoms. The van der Waals surface area contributed by atoms with E-state index in [2.05, 4.69) is 20.3 Å². The van der Waals surface area contributed by atoms with Gasteiger partial charge in [-0.05, 0) is 36.4 Å². The molecule has 0 saturated heterocycles. The molecule has 6 nitrogen and oxygen atoms in total. The Labute approximate surface area is 140 Å². The van der Waals surface area contributed by atoms with Crippen molar-refractivity contribution in [1.29, 1.82) is 0 Å². The quantitative estimate of drug-likeness (QED) is 0.567. The first-order chi connectivity index (χ1) is 11.3. The second kappa shape index (κ2) is 5.94. The Morgan fingerprint density at radius 3 is 2.61 bits per heavy atom. The van der Waals surface area contributed by atoms with Gasteiger partial charge in [-0.25, -0.2) is 0 Å². The lowest BCUT2D eigenvalue weighted by Gasteiger charge is -2.03. The van der Waals surface area contributed by atoms with Crippen molar-refractivity contribution in [1.82, 2.24) is 24.8 Å². The maximum absolute atomic E-state index is 5.86. The maximum Gasteiger partial charge on any atom is 0.235 e. The van der Waals surface area contributed by atoms with Gasteiger partial charge < -0.3 is 4.74 Å². The van der Waals surface area contributed by atoms with Gasteiger partial charge in [-0.1, -0.05) is 22.9 Å². The van der Waals surface area contributed by atoms with E-state index in [4.69, 9.17) is 16.3 Å². The van der Waals surface area contributed by atoms with Crippen LogP contribution in [0.5, 0.6) is 5.75 Å². The second-order valence-corrected chi connectivity index (χ2v) is 6.09. The molecule has 0 amide bonds. The molecule has 4 rings (SSSR count). The molecule has 0 N–H and O–H groups in total. The van der Waals surface area contributed by atoms with Gasteiger partial charge in [-0.3, -0.25) is 4.98 Å². The summed E-state index contributed by atoms with van der Waals surface area (Å²) in [6, 6.07) is 11.0. The molecule has 0 bridgehead atoms. The van der Waals surface area contributed by atoms with Crippen LogP contribution >= 0.6 is 22.9 Å². The van der Waals surface area contributed by atoms with Crippen LogP contribution in [-0.2, 0) is 6.61 Å². The molecule has 0 aliphatic rings. The van der Waals surface area contributed by atoms with Crippen molar-refractivity contribution in [2.45, 2.75) is 6.61 Å². The van der Waals surface area contributed by atoms with Crippen molar-refractivity contribution in [2.24, 2.45) is 0 Å². The van der Waals surface area contributed by atoms with Gasteiger partial charge in [0.05, 0.1) is 0 Å². The van der Waals surface area contributed by atoms with E-state index in [9.17, 15) is 0 Å². The molecule has 1 aromatic carbocycles. The average molecular weight is 344 g/mol. The third kappa shape index (κ3) is 2.88. The molecule has 0 atom stereocenters. The molecule has 8 heteroatoms. The Morgan fingerprint density at radius 2 is 1.83 bits per heavy atom. The molecular weight excluding hydrogens is 334 g/mol. The predicted molar refractivity (Wildman–Crippen MR) is 87.7 cm³/mol. The van der Waals surface area contributed by atoms with Gasteiger partial charge in [0.15, 0.2) is 5.82 Å². The Kier molecular flexibility index (Phi) is 3.64. The summed E-state index contributed by atoms with van der Waals surface area (Å²) >= 11 is 7.33. The highest BCUT2D eigenvalue weighted by atomic mass is 35.5. The number of hydrogen-bond donors (Lipinski definition) is 0. The number of nitrogens with zero attached hydrogens (tertiary/aromatic N) is 5. The zero-order valence-electron chi connectivity index (χ0n) is 11.8. The van der Waals surface area contributed by atoms with Crippen molar-refractivity contribution in [3.8, 4) is 16.3 Å². The van der Waals surface area contributed by atoms with E-state index in [0.717, 1.165) is 21.3 Å². The summed E-state index contributed by atoms with van der Waals surface area (Å²) in [7, 11) is 0. The third-order valence-corrected chi connectivity index (χ3v) is 4.36. The minimum absolute atomic E-state index is 0.280. The van der Waals surface area contributed by atoms with Gasteiger partial charge in [-0.15, -0.1) is 10.2 Å². The first-order valence-electron chi connectivity index (χ1n) is 6.79. The van der Waals surface area contributed by atoms with E-state index in [-0.39, 0.29) is 6.61 Å². The summed E-state index contributed by atoms with van der Waals surface area (Å²) in [6.07, 6.45) is 3.48. The summed E-state index contributed by atoms with van der Waals surface area (Å²) in [4.78, 5) is 4.74. The smallest absolute Gasteiger partial charge is 0.235 e. The Morgan fingerprint density at radius 1 is 1.04 bits per heavy atom. The summed E-state index contributed by atoms with van der Waals surface area (Å²) in [5.41, 5.74) is 1.00. The van der Waals surface area contributed by atoms with E-state index in [1.807, 2.05) is 24.3 Å². The standard InChI is InChI=1S/C15H10ClN5OS/c16-11-1-3-12(4-2-11)22-9-13-18-19-15-21(13)20-14(23-15)10-5-7-17-8-6-10/h1-8H,9H2. The number of aromatic nitrogens is 5. The number of halogens is 1. The zero-order chi connectivity index (χ0) is 15.6. The van der Waals surface area contributed by atoms with Crippen molar-refractivity contribution in [2.75, 3.05) is 0 Å². The molecule has 0 unspecified atom stereocenters. The molecular formula is C15H10ClN5OS. The van der Waals surface area contributed by atoms with Crippen LogP contribution in [0.3, 0.4) is 0 Å². The van der Waals surface area contributed by atoms with Crippen LogP contribution < -0.4 is 4.74 Å². The van der Waals surface area contributed by atoms with Crippen LogP contribution in [0.2, 0.25) is 5.02 Å². The van der Waals surface area contributed by atoms with Gasteiger partial charge in [0.25, 0.3) is 0 Å². The first-order valence-corrected chi connectivity index (χ1v) is 7.99. The highest BCUT2D eigenvalue weighted by molar-refractivity contribution is 7.19. The number of pyridine rings is 1. The minimum atomic E-state index is 0.280. The molecule has 0 fully saturated rings. The lowest BCUT2D eigenvalue weighted by atomic mass is 10.3. The fourth-order valence-corrected chi connectivity index (χ4v) is 3.03. The van der Waals surface area contributed by atoms with Crippen LogP contribution in [0.25, 0.3) is 15.5 Å². The van der Waals surface area contributed by atoms with E-state index in [0.29, 0.717) is 10.8 Å². The minimum Gasteiger partial charge on any atom is -0.486 e. The van der Waals surface area contributed by atoms with Gasteiger partial charge >= 0.3 is 0 Å². The van der Waals surface area contributed by atoms with Gasteiger partial charge in [0.1, 0.15) is 17.4 Å². The molecule has 3 aromatic heterocycles. The molecule has 0 aliphatic heterocycles. The van der Waals surface area contributed by atoms with Gasteiger partial charge in [0, 0.05) is 23.0 Å². The molecule has 3 heterocycles. The molecule has 23 heavy (non-hydrogen) atoms. The monoisotopic (exact) mass is 343 g/mol. The van der Waals surface area contributed by atoms with E-state index >= 15 is 0 Å². The van der Waals surface area contributed by atoms with Crippen molar-refractivity contribution in [3.63, 3.8) is 0 Å². The third-order valence-electron chi connectivity index (χ3n) is 3.16. The molecule has 114 valence electrons. The summed E-state index contributed by atoms with van der Waals surface area (Å²) in [5.74, 6) is 1.36. The average Bonchev–Trinajstić information content (AvgIpc) is 3.16. The molecule has 0 radical (unpaired) electrons. The van der Waals surface area contributed by atoms with Gasteiger partial charge in [-0.2, -0.15) is 9.61 Å². The summed E-state index contributed by atoms with van der Waals surface area (Å²) < 4.78 is 7.41. The Hall–Kier alpha value is -2.51. The van der Waals surface area contributed by atoms with Crippen LogP contribution in [0.15, 0.2) is 48.8 Å². The predicted octanol–water partition coefficient (Wildman–Crippen LogP) is 3.48. The Balaban J connectivity index is 1.58. The van der Waals surface area contributed by atoms with Crippen LogP contribution in [0.4, 0.5) is 0 Å². The zero-order valence-corrected chi connectivity index (χ0v) is 13.3. The van der Waals surface area contributed by atoms with Crippen molar-refractivity contribution in [3.05, 3.63) is 59.6 Å². The normalized spacial score (nSPS) is 11.0. The van der Waals surface area contributed by atoms with Crippen LogP contribution in [0.1, 0.15) is 5.82 Å². The van der Waals surface area contributed by atoms with E-state index in [1.54, 1.807) is 29.0 Å². The topological polar surface area (TPSA) is 65.2 Å². The highest BCUT2D eigenvalue weighted by Gasteiger charge is 2.13. The van der Waals surface area contributed by atoms with Gasteiger partial charge in [0.2, 0.25) is 4.96 Å². The van der Waals surface area contributed by atoms with Crippen molar-refractivity contribution < 1.29 is 4.74 Å². The molecule has 0 aliphatic carbocycles. The van der Waals surface area contributed by atoms with E-state index < -0.39 is 0 Å². The molecule has 0 saturated carbocycles. The number of fused-ring (bicyclic) bond motifs is 1. The fraction of sp³-hybridized carbons (Fsp3) is 0.0667. The second-order valence-electron chi connectivity index (χ2n) is 4.70. The van der Waals surface area contributed by atoms with Crippen molar-refractivity contribution >= 4 is 27.9 Å². The molecule has 4 aromatic rings. The summed E-state index contributed by atoms with van der Waals surface area (Å²) in [6.45, 7) is 0.280. The van der Waals surface area contributed by atoms with Crippen LogP contribution in [0, 0.1) is 0 Å². The van der Waals surface area contributed by atoms with E-state index in [1.165, 1.54) is 11.3 Å². The number of rotatable bonds is 4. The number of hydrogen-bond acceptors (Lipinski definition) is 6. The Bertz CT molecular complexity index is 936. The van der Waals surface area contributed by atoms with Crippen LogP contribution in [-0.4, -0.2) is 24.8 Å². The largest absolute Gasteiger partial charge is 0.486 e. The number of ether oxygens (including phenoxy) is 1. The maximum atomic E-state index is 5.86. The fourth-order valence-electron chi connectivity index (χ4n) is 2.04. The summed E-state index contributed by atoms with van der Waals surface area (Å²) in [5, 5.41) is 14.4. The number of benzene rings is 1. The highest BCUT2D eigenvalue weighted by Crippen LogP contribution is 2.25. The lowest BCUT2D eigenvalue weighted by molar-refractivity contribution is 0.293. The first kappa shape index (κ1) is 14.1.